The predicted molar refractivity (Wildman–Crippen MR) is 73.0 cm³/mol. The number of aryl methyl sites for hydroxylation is 1. The van der Waals surface area contributed by atoms with Gasteiger partial charge >= 0.3 is 11.9 Å². The van der Waals surface area contributed by atoms with Crippen LogP contribution in [0.5, 0.6) is 5.75 Å². The Morgan fingerprint density at radius 3 is 2.52 bits per heavy atom. The Kier molecular flexibility index (Phi) is 5.71. The minimum absolute atomic E-state index is 0.0232. The Morgan fingerprint density at radius 1 is 1.33 bits per heavy atom. The van der Waals surface area contributed by atoms with E-state index >= 15 is 0 Å². The summed E-state index contributed by atoms with van der Waals surface area (Å²) in [5, 5.41) is 21.0. The Balaban J connectivity index is 2.76. The van der Waals surface area contributed by atoms with Crippen LogP contribution in [0, 0.1) is 6.92 Å². The molecule has 1 unspecified atom stereocenters. The molecule has 0 saturated carbocycles. The van der Waals surface area contributed by atoms with E-state index in [2.05, 4.69) is 10.1 Å². The fourth-order valence-electron chi connectivity index (χ4n) is 1.69. The highest BCUT2D eigenvalue weighted by Crippen LogP contribution is 2.18. The number of carbonyl (C=O) groups is 3. The van der Waals surface area contributed by atoms with Crippen molar-refractivity contribution in [1.82, 2.24) is 5.32 Å². The van der Waals surface area contributed by atoms with Crippen molar-refractivity contribution in [2.24, 2.45) is 0 Å². The van der Waals surface area contributed by atoms with Gasteiger partial charge in [0.25, 0.3) is 5.91 Å². The van der Waals surface area contributed by atoms with Crippen molar-refractivity contribution in [3.8, 4) is 5.75 Å². The Bertz CT molecular complexity index is 554. The lowest BCUT2D eigenvalue weighted by atomic mass is 10.1. The summed E-state index contributed by atoms with van der Waals surface area (Å²) < 4.78 is 4.42. The van der Waals surface area contributed by atoms with Crippen LogP contribution in [0.1, 0.15) is 28.8 Å². The molecule has 7 heteroatoms. The lowest BCUT2D eigenvalue weighted by molar-refractivity contribution is -0.142. The van der Waals surface area contributed by atoms with Gasteiger partial charge in [-0.1, -0.05) is 6.07 Å². The third kappa shape index (κ3) is 4.79. The number of rotatable bonds is 6. The lowest BCUT2D eigenvalue weighted by Gasteiger charge is -2.14. The van der Waals surface area contributed by atoms with E-state index in [0.29, 0.717) is 0 Å². The zero-order chi connectivity index (χ0) is 16.0. The number of aromatic hydroxyl groups is 1. The van der Waals surface area contributed by atoms with Gasteiger partial charge in [0.05, 0.1) is 12.7 Å². The first-order valence-electron chi connectivity index (χ1n) is 6.25. The number of nitrogens with one attached hydrogen (secondary N) is 1. The molecule has 0 spiro atoms. The first-order chi connectivity index (χ1) is 9.85. The van der Waals surface area contributed by atoms with Gasteiger partial charge in [0.15, 0.2) is 0 Å². The van der Waals surface area contributed by atoms with Crippen LogP contribution in [0.2, 0.25) is 0 Å². The molecular formula is C14H17NO6. The average molecular weight is 295 g/mol. The van der Waals surface area contributed by atoms with Gasteiger partial charge in [-0.2, -0.15) is 0 Å². The summed E-state index contributed by atoms with van der Waals surface area (Å²) in [5.74, 6) is -2.78. The standard InChI is InChI=1S/C14H17NO6/c1-8-3-4-9(11(16)7-8)13(18)15-10(14(19)20)5-6-12(17)21-2/h3-4,7,10,16H,5-6H2,1-2H3,(H,15,18)(H,19,20). The third-order valence-electron chi connectivity index (χ3n) is 2.87. The first-order valence-corrected chi connectivity index (χ1v) is 6.25. The Hall–Kier alpha value is -2.57. The van der Waals surface area contributed by atoms with Crippen LogP contribution < -0.4 is 5.32 Å². The topological polar surface area (TPSA) is 113 Å². The highest BCUT2D eigenvalue weighted by Gasteiger charge is 2.23. The second-order valence-electron chi connectivity index (χ2n) is 4.50. The summed E-state index contributed by atoms with van der Waals surface area (Å²) in [6.07, 6.45) is -0.228. The zero-order valence-electron chi connectivity index (χ0n) is 11.8. The van der Waals surface area contributed by atoms with E-state index in [1.807, 2.05) is 0 Å². The van der Waals surface area contributed by atoms with Gasteiger partial charge in [-0.15, -0.1) is 0 Å². The molecule has 114 valence electrons. The monoisotopic (exact) mass is 295 g/mol. The quantitative estimate of drug-likeness (QED) is 0.670. The van der Waals surface area contributed by atoms with Crippen molar-refractivity contribution in [3.05, 3.63) is 29.3 Å². The van der Waals surface area contributed by atoms with Crippen LogP contribution in [0.3, 0.4) is 0 Å². The van der Waals surface area contributed by atoms with Crippen LogP contribution in [-0.4, -0.2) is 41.2 Å². The maximum absolute atomic E-state index is 12.0. The van der Waals surface area contributed by atoms with Crippen molar-refractivity contribution in [1.29, 1.82) is 0 Å². The summed E-state index contributed by atoms with van der Waals surface area (Å²) >= 11 is 0. The molecule has 0 heterocycles. The maximum atomic E-state index is 12.0. The molecule has 7 nitrogen and oxygen atoms in total. The van der Waals surface area contributed by atoms with Crippen LogP contribution in [0.4, 0.5) is 0 Å². The summed E-state index contributed by atoms with van der Waals surface area (Å²) in [5.41, 5.74) is 0.745. The Morgan fingerprint density at radius 2 is 2.00 bits per heavy atom. The van der Waals surface area contributed by atoms with Crippen molar-refractivity contribution in [2.45, 2.75) is 25.8 Å². The van der Waals surface area contributed by atoms with Crippen molar-refractivity contribution in [2.75, 3.05) is 7.11 Å². The van der Waals surface area contributed by atoms with Crippen LogP contribution in [0.15, 0.2) is 18.2 Å². The molecular weight excluding hydrogens is 278 g/mol. The fraction of sp³-hybridized carbons (Fsp3) is 0.357. The normalized spacial score (nSPS) is 11.5. The second-order valence-corrected chi connectivity index (χ2v) is 4.50. The van der Waals surface area contributed by atoms with E-state index in [-0.39, 0.29) is 24.2 Å². The molecule has 3 N–H and O–H groups in total. The number of hydrogen-bond donors (Lipinski definition) is 3. The van der Waals surface area contributed by atoms with Gasteiger partial charge in [0, 0.05) is 6.42 Å². The molecule has 0 radical (unpaired) electrons. The van der Waals surface area contributed by atoms with Gasteiger partial charge in [0.1, 0.15) is 11.8 Å². The number of ether oxygens (including phenoxy) is 1. The number of carboxylic acids is 1. The number of esters is 1. The lowest BCUT2D eigenvalue weighted by Crippen LogP contribution is -2.41. The van der Waals surface area contributed by atoms with Gasteiger partial charge in [-0.05, 0) is 31.0 Å². The molecule has 1 atom stereocenters. The molecule has 0 aliphatic carbocycles. The largest absolute Gasteiger partial charge is 0.507 e. The molecule has 0 aromatic heterocycles. The molecule has 0 aliphatic rings. The highest BCUT2D eigenvalue weighted by atomic mass is 16.5. The molecule has 21 heavy (non-hydrogen) atoms. The summed E-state index contributed by atoms with van der Waals surface area (Å²) in [6, 6.07) is 3.19. The minimum atomic E-state index is -1.26. The molecule has 0 bridgehead atoms. The van der Waals surface area contributed by atoms with E-state index < -0.39 is 23.9 Å². The number of carbonyl (C=O) groups excluding carboxylic acids is 2. The van der Waals surface area contributed by atoms with Gasteiger partial charge < -0.3 is 20.3 Å². The molecule has 0 aliphatic heterocycles. The molecule has 1 aromatic carbocycles. The molecule has 1 rings (SSSR count). The Labute approximate surface area is 121 Å². The van der Waals surface area contributed by atoms with E-state index in [0.717, 1.165) is 5.56 Å². The molecule has 1 aromatic rings. The number of phenols is 1. The van der Waals surface area contributed by atoms with Crippen molar-refractivity contribution < 1.29 is 29.3 Å². The first kappa shape index (κ1) is 16.5. The van der Waals surface area contributed by atoms with E-state index in [1.165, 1.54) is 19.2 Å². The number of carboxylic acid groups (broad SMARTS) is 1. The summed E-state index contributed by atoms with van der Waals surface area (Å²) in [4.78, 5) is 34.1. The molecule has 0 saturated heterocycles. The highest BCUT2D eigenvalue weighted by molar-refractivity contribution is 5.98. The smallest absolute Gasteiger partial charge is 0.326 e. The fourth-order valence-corrected chi connectivity index (χ4v) is 1.69. The minimum Gasteiger partial charge on any atom is -0.507 e. The van der Waals surface area contributed by atoms with Gasteiger partial charge in [0.2, 0.25) is 0 Å². The van der Waals surface area contributed by atoms with E-state index in [4.69, 9.17) is 5.11 Å². The second kappa shape index (κ2) is 7.28. The number of methoxy groups -OCH3 is 1. The maximum Gasteiger partial charge on any atom is 0.326 e. The van der Waals surface area contributed by atoms with Gasteiger partial charge in [-0.25, -0.2) is 4.79 Å². The van der Waals surface area contributed by atoms with Crippen LogP contribution >= 0.6 is 0 Å². The molecule has 1 amide bonds. The van der Waals surface area contributed by atoms with Crippen LogP contribution in [-0.2, 0) is 14.3 Å². The number of phenolic OH excluding ortho intramolecular Hbond substituents is 1. The number of hydrogen-bond acceptors (Lipinski definition) is 5. The zero-order valence-corrected chi connectivity index (χ0v) is 11.8. The van der Waals surface area contributed by atoms with Gasteiger partial charge in [-0.3, -0.25) is 9.59 Å². The number of amides is 1. The SMILES string of the molecule is COC(=O)CCC(NC(=O)c1ccc(C)cc1O)C(=O)O. The summed E-state index contributed by atoms with van der Waals surface area (Å²) in [7, 11) is 1.20. The van der Waals surface area contributed by atoms with E-state index in [9.17, 15) is 19.5 Å². The van der Waals surface area contributed by atoms with E-state index in [1.54, 1.807) is 13.0 Å². The average Bonchev–Trinajstić information content (AvgIpc) is 2.42. The van der Waals surface area contributed by atoms with Crippen LogP contribution in [0.25, 0.3) is 0 Å². The summed E-state index contributed by atoms with van der Waals surface area (Å²) in [6.45, 7) is 1.75. The predicted octanol–water partition coefficient (Wildman–Crippen LogP) is 0.837. The third-order valence-corrected chi connectivity index (χ3v) is 2.87. The number of aliphatic carboxylic acids is 1. The molecule has 0 fully saturated rings. The van der Waals surface area contributed by atoms with Crippen molar-refractivity contribution in [3.63, 3.8) is 0 Å². The van der Waals surface area contributed by atoms with Crippen molar-refractivity contribution >= 4 is 17.8 Å². The number of benzene rings is 1.